The lowest BCUT2D eigenvalue weighted by Crippen LogP contribution is -2.42. The van der Waals surface area contributed by atoms with Crippen LogP contribution in [0.1, 0.15) is 24.4 Å². The average Bonchev–Trinajstić information content (AvgIpc) is 3.08. The summed E-state index contributed by atoms with van der Waals surface area (Å²) in [4.78, 5) is 20.1. The van der Waals surface area contributed by atoms with Crippen LogP contribution in [0, 0.1) is 0 Å². The summed E-state index contributed by atoms with van der Waals surface area (Å²) in [5.74, 6) is 0. The van der Waals surface area contributed by atoms with Crippen LogP contribution >= 0.6 is 0 Å². The zero-order chi connectivity index (χ0) is 16.6. The van der Waals surface area contributed by atoms with Crippen LogP contribution in [0.25, 0.3) is 0 Å². The Morgan fingerprint density at radius 1 is 1.39 bits per heavy atom. The average molecular weight is 326 g/mol. The van der Waals surface area contributed by atoms with E-state index in [1.807, 2.05) is 7.05 Å². The molecule has 0 aromatic carbocycles. The Morgan fingerprint density at radius 2 is 2.17 bits per heavy atom. The minimum atomic E-state index is -1.34. The van der Waals surface area contributed by atoms with E-state index in [2.05, 4.69) is 4.90 Å². The number of ether oxygens (including phenoxy) is 1. The molecule has 1 unspecified atom stereocenters. The molecule has 2 saturated heterocycles. The molecule has 8 nitrogen and oxygen atoms in total. The van der Waals surface area contributed by atoms with Crippen molar-refractivity contribution in [1.29, 1.82) is 0 Å². The van der Waals surface area contributed by atoms with Crippen molar-refractivity contribution >= 4 is 0 Å². The molecule has 5 atom stereocenters. The first-order valence-corrected chi connectivity index (χ1v) is 7.74. The highest BCUT2D eigenvalue weighted by atomic mass is 16.8. The molecule has 1 aromatic rings. The van der Waals surface area contributed by atoms with Gasteiger partial charge in [-0.15, -0.1) is 4.73 Å². The molecule has 2 aliphatic heterocycles. The number of pyridine rings is 1. The van der Waals surface area contributed by atoms with E-state index in [0.717, 1.165) is 24.1 Å². The summed E-state index contributed by atoms with van der Waals surface area (Å²) in [5.41, 5.74) is 0.309. The quantitative estimate of drug-likeness (QED) is 0.617. The maximum Gasteiger partial charge on any atom is 0.287 e. The lowest BCUT2D eigenvalue weighted by atomic mass is 10.1. The van der Waals surface area contributed by atoms with E-state index >= 15 is 0 Å². The fourth-order valence-electron chi connectivity index (χ4n) is 3.20. The second-order valence-corrected chi connectivity index (χ2v) is 6.05. The third kappa shape index (κ3) is 3.00. The molecule has 0 aliphatic carbocycles. The summed E-state index contributed by atoms with van der Waals surface area (Å²) in [6.45, 7) is 0.495. The molecule has 3 heterocycles. The molecule has 0 saturated carbocycles. The van der Waals surface area contributed by atoms with Crippen molar-refractivity contribution in [2.45, 2.75) is 43.5 Å². The van der Waals surface area contributed by atoms with Crippen LogP contribution < -0.4 is 10.4 Å². The smallest absolute Gasteiger partial charge is 0.287 e. The first-order chi connectivity index (χ1) is 11.0. The van der Waals surface area contributed by atoms with Crippen LogP contribution in [-0.4, -0.2) is 69.8 Å². The number of rotatable bonds is 4. The molecule has 2 aliphatic rings. The number of aliphatic hydroxyl groups is 3. The molecular weight excluding hydrogens is 304 g/mol. The van der Waals surface area contributed by atoms with Crippen molar-refractivity contribution < 1.29 is 24.9 Å². The van der Waals surface area contributed by atoms with Crippen molar-refractivity contribution in [3.8, 4) is 0 Å². The summed E-state index contributed by atoms with van der Waals surface area (Å²) < 4.78 is 6.25. The van der Waals surface area contributed by atoms with Crippen molar-refractivity contribution in [3.05, 3.63) is 34.2 Å². The Hall–Kier alpha value is -1.45. The Labute approximate surface area is 133 Å². The normalized spacial score (nSPS) is 34.9. The molecule has 0 spiro atoms. The highest BCUT2D eigenvalue weighted by Crippen LogP contribution is 2.28. The molecule has 8 heteroatoms. The van der Waals surface area contributed by atoms with Gasteiger partial charge in [-0.05, 0) is 32.5 Å². The van der Waals surface area contributed by atoms with E-state index in [4.69, 9.17) is 14.7 Å². The van der Waals surface area contributed by atoms with Crippen molar-refractivity contribution in [2.24, 2.45) is 0 Å². The predicted octanol–water partition coefficient (Wildman–Crippen LogP) is -1.52. The number of likely N-dealkylation sites (tertiary alicyclic amines) is 1. The van der Waals surface area contributed by atoms with Crippen molar-refractivity contribution in [1.82, 2.24) is 9.63 Å². The monoisotopic (exact) mass is 326 g/mol. The van der Waals surface area contributed by atoms with Crippen LogP contribution in [0.2, 0.25) is 0 Å². The van der Waals surface area contributed by atoms with Crippen LogP contribution in [0.4, 0.5) is 0 Å². The summed E-state index contributed by atoms with van der Waals surface area (Å²) in [6, 6.07) is 3.51. The van der Waals surface area contributed by atoms with Gasteiger partial charge in [0.15, 0.2) is 0 Å². The minimum Gasteiger partial charge on any atom is -0.394 e. The molecule has 128 valence electrons. The number of aliphatic hydroxyl groups excluding tert-OH is 3. The van der Waals surface area contributed by atoms with Gasteiger partial charge in [-0.3, -0.25) is 9.69 Å². The van der Waals surface area contributed by atoms with Gasteiger partial charge in [-0.2, -0.15) is 0 Å². The molecule has 3 rings (SSSR count). The fraction of sp³-hybridized carbons (Fsp3) is 0.667. The highest BCUT2D eigenvalue weighted by molar-refractivity contribution is 5.16. The lowest BCUT2D eigenvalue weighted by Gasteiger charge is -2.21. The van der Waals surface area contributed by atoms with Gasteiger partial charge in [-0.25, -0.2) is 0 Å². The maximum absolute atomic E-state index is 12.6. The Kier molecular flexibility index (Phi) is 4.69. The molecule has 3 N–H and O–H groups in total. The second-order valence-electron chi connectivity index (χ2n) is 6.05. The van der Waals surface area contributed by atoms with E-state index in [0.29, 0.717) is 5.56 Å². The largest absolute Gasteiger partial charge is 0.394 e. The van der Waals surface area contributed by atoms with Gasteiger partial charge in [0.05, 0.1) is 6.61 Å². The van der Waals surface area contributed by atoms with E-state index in [9.17, 15) is 15.0 Å². The first kappa shape index (κ1) is 16.4. The molecular formula is C15H22N2O6. The summed E-state index contributed by atoms with van der Waals surface area (Å²) >= 11 is 0. The van der Waals surface area contributed by atoms with E-state index < -0.39 is 31.2 Å². The molecule has 23 heavy (non-hydrogen) atoms. The number of nitrogens with zero attached hydrogens (tertiary/aromatic N) is 2. The summed E-state index contributed by atoms with van der Waals surface area (Å²) in [7, 11) is 1.97. The standard InChI is InChI=1S/C15H22N2O6/c1-16-6-3-5-10(16)9-4-2-7-17(14(9)21)23-15-13(20)12(19)11(8-18)22-15/h2,4,7,10-13,15,18-20H,3,5-6,8H2,1H3/t10?,11-,12+,13-,15+/m1/s1. The van der Waals surface area contributed by atoms with Crippen molar-refractivity contribution in [3.63, 3.8) is 0 Å². The van der Waals surface area contributed by atoms with Gasteiger partial charge in [0.1, 0.15) is 18.3 Å². The van der Waals surface area contributed by atoms with E-state index in [1.54, 1.807) is 12.1 Å². The zero-order valence-electron chi connectivity index (χ0n) is 12.9. The number of hydrogen-bond donors (Lipinski definition) is 3. The first-order valence-electron chi connectivity index (χ1n) is 7.74. The van der Waals surface area contributed by atoms with Crippen LogP contribution in [0.5, 0.6) is 0 Å². The van der Waals surface area contributed by atoms with Gasteiger partial charge in [0, 0.05) is 17.8 Å². The summed E-state index contributed by atoms with van der Waals surface area (Å²) in [5, 5.41) is 28.7. The van der Waals surface area contributed by atoms with Gasteiger partial charge in [-0.1, -0.05) is 6.07 Å². The number of aromatic nitrogens is 1. The van der Waals surface area contributed by atoms with Crippen LogP contribution in [-0.2, 0) is 4.74 Å². The lowest BCUT2D eigenvalue weighted by molar-refractivity contribution is -0.173. The second kappa shape index (κ2) is 6.58. The number of hydrogen-bond acceptors (Lipinski definition) is 7. The predicted molar refractivity (Wildman–Crippen MR) is 79.6 cm³/mol. The minimum absolute atomic E-state index is 0.0451. The van der Waals surface area contributed by atoms with E-state index in [-0.39, 0.29) is 11.6 Å². The van der Waals surface area contributed by atoms with Gasteiger partial charge in [0.25, 0.3) is 11.8 Å². The third-order valence-electron chi connectivity index (χ3n) is 4.54. The Bertz CT molecular complexity index is 606. The zero-order valence-corrected chi connectivity index (χ0v) is 12.9. The van der Waals surface area contributed by atoms with Crippen LogP contribution in [0.3, 0.4) is 0 Å². The maximum atomic E-state index is 12.6. The molecule has 0 bridgehead atoms. The van der Waals surface area contributed by atoms with Gasteiger partial charge in [0.2, 0.25) is 0 Å². The molecule has 0 amide bonds. The van der Waals surface area contributed by atoms with Gasteiger partial charge < -0.3 is 24.9 Å². The fourth-order valence-corrected chi connectivity index (χ4v) is 3.20. The Balaban J connectivity index is 1.80. The summed E-state index contributed by atoms with van der Waals surface area (Å²) in [6.07, 6.45) is -1.36. The molecule has 0 radical (unpaired) electrons. The SMILES string of the molecule is CN1CCCC1c1cccn(O[C@@H]2O[C@H](CO)[C@H](O)[C@H]2O)c1=O. The van der Waals surface area contributed by atoms with Gasteiger partial charge >= 0.3 is 0 Å². The highest BCUT2D eigenvalue weighted by Gasteiger charge is 2.44. The molecule has 2 fully saturated rings. The molecule has 1 aromatic heterocycles. The van der Waals surface area contributed by atoms with E-state index in [1.165, 1.54) is 6.20 Å². The Morgan fingerprint density at radius 3 is 2.78 bits per heavy atom. The van der Waals surface area contributed by atoms with Crippen LogP contribution in [0.15, 0.2) is 23.1 Å². The topological polar surface area (TPSA) is 104 Å². The van der Waals surface area contributed by atoms with Crippen molar-refractivity contribution in [2.75, 3.05) is 20.2 Å². The third-order valence-corrected chi connectivity index (χ3v) is 4.54.